The van der Waals surface area contributed by atoms with Crippen molar-refractivity contribution in [2.75, 3.05) is 13.7 Å². The zero-order chi connectivity index (χ0) is 12.1. The topological polar surface area (TPSA) is 38.7 Å². The zero-order valence-corrected chi connectivity index (χ0v) is 10.3. The lowest BCUT2D eigenvalue weighted by Gasteiger charge is -2.21. The normalized spacial score (nSPS) is 22.8. The maximum atomic E-state index is 10.3. The first-order chi connectivity index (χ1) is 8.31. The minimum atomic E-state index is -0.529. The van der Waals surface area contributed by atoms with Gasteiger partial charge in [0.15, 0.2) is 0 Å². The molecule has 3 nitrogen and oxygen atoms in total. The lowest BCUT2D eigenvalue weighted by molar-refractivity contribution is -0.0358. The van der Waals surface area contributed by atoms with Gasteiger partial charge in [0.05, 0.1) is 13.2 Å². The first-order valence-corrected chi connectivity index (χ1v) is 6.25. The summed E-state index contributed by atoms with van der Waals surface area (Å²) >= 11 is 0. The highest BCUT2D eigenvalue weighted by Crippen LogP contribution is 2.27. The van der Waals surface area contributed by atoms with Crippen LogP contribution < -0.4 is 4.74 Å². The molecule has 17 heavy (non-hydrogen) atoms. The van der Waals surface area contributed by atoms with E-state index in [1.165, 1.54) is 6.42 Å². The van der Waals surface area contributed by atoms with E-state index in [4.69, 9.17) is 9.47 Å². The summed E-state index contributed by atoms with van der Waals surface area (Å²) in [4.78, 5) is 0. The molecule has 0 radical (unpaired) electrons. The van der Waals surface area contributed by atoms with E-state index in [-0.39, 0.29) is 6.10 Å². The molecule has 0 aliphatic carbocycles. The fourth-order valence-corrected chi connectivity index (χ4v) is 2.21. The molecule has 1 heterocycles. The van der Waals surface area contributed by atoms with Gasteiger partial charge >= 0.3 is 0 Å². The van der Waals surface area contributed by atoms with Crippen molar-refractivity contribution in [2.45, 2.75) is 37.9 Å². The van der Waals surface area contributed by atoms with Crippen molar-refractivity contribution in [3.8, 4) is 5.75 Å². The molecule has 1 saturated heterocycles. The van der Waals surface area contributed by atoms with Crippen LogP contribution in [0.3, 0.4) is 0 Å². The molecular weight excluding hydrogens is 216 g/mol. The van der Waals surface area contributed by atoms with Crippen molar-refractivity contribution in [3.63, 3.8) is 0 Å². The highest BCUT2D eigenvalue weighted by Gasteiger charge is 2.22. The average Bonchev–Trinajstić information content (AvgIpc) is 2.67. The molecule has 0 bridgehead atoms. The minimum absolute atomic E-state index is 0.0640. The number of methoxy groups -OCH3 is 1. The minimum Gasteiger partial charge on any atom is -0.497 e. The van der Waals surface area contributed by atoms with Crippen molar-refractivity contribution in [2.24, 2.45) is 0 Å². The Kier molecular flexibility index (Phi) is 4.40. The summed E-state index contributed by atoms with van der Waals surface area (Å²) in [6.07, 6.45) is 3.79. The van der Waals surface area contributed by atoms with Gasteiger partial charge in [-0.1, -0.05) is 25.0 Å². The van der Waals surface area contributed by atoms with E-state index in [0.29, 0.717) is 0 Å². The summed E-state index contributed by atoms with van der Waals surface area (Å²) in [6, 6.07) is 7.54. The molecule has 1 aromatic carbocycles. The van der Waals surface area contributed by atoms with Gasteiger partial charge in [-0.05, 0) is 30.5 Å². The molecule has 0 aromatic heterocycles. The van der Waals surface area contributed by atoms with E-state index in [9.17, 15) is 5.11 Å². The predicted octanol–water partition coefficient (Wildman–Crippen LogP) is 2.69. The van der Waals surface area contributed by atoms with E-state index in [0.717, 1.165) is 37.2 Å². The standard InChI is InChI=1S/C14H20O3/c1-16-12-8-6-11(7-9-12)14(15)13-5-3-2-4-10-17-13/h6-9,13-15H,2-5,10H2,1H3/t13-,14-/m1/s1. The molecule has 3 heteroatoms. The number of benzene rings is 1. The van der Waals surface area contributed by atoms with Gasteiger partial charge in [0.25, 0.3) is 0 Å². The smallest absolute Gasteiger partial charge is 0.118 e. The lowest BCUT2D eigenvalue weighted by atomic mass is 10.0. The quantitative estimate of drug-likeness (QED) is 0.877. The van der Waals surface area contributed by atoms with Crippen molar-refractivity contribution >= 4 is 0 Å². The summed E-state index contributed by atoms with van der Waals surface area (Å²) in [5.41, 5.74) is 0.901. The molecule has 1 aromatic rings. The Morgan fingerprint density at radius 3 is 2.71 bits per heavy atom. The van der Waals surface area contributed by atoms with Crippen molar-refractivity contribution in [1.29, 1.82) is 0 Å². The van der Waals surface area contributed by atoms with Gasteiger partial charge < -0.3 is 14.6 Å². The second-order valence-corrected chi connectivity index (χ2v) is 4.48. The molecule has 1 fully saturated rings. The number of hydrogen-bond acceptors (Lipinski definition) is 3. The fourth-order valence-electron chi connectivity index (χ4n) is 2.21. The Hall–Kier alpha value is -1.06. The summed E-state index contributed by atoms with van der Waals surface area (Å²) in [6.45, 7) is 0.762. The van der Waals surface area contributed by atoms with Crippen molar-refractivity contribution < 1.29 is 14.6 Å². The number of aliphatic hydroxyl groups is 1. The van der Waals surface area contributed by atoms with Crippen LogP contribution in [0.25, 0.3) is 0 Å². The van der Waals surface area contributed by atoms with Crippen LogP contribution in [0.2, 0.25) is 0 Å². The second-order valence-electron chi connectivity index (χ2n) is 4.48. The van der Waals surface area contributed by atoms with Crippen LogP contribution in [-0.4, -0.2) is 24.9 Å². The van der Waals surface area contributed by atoms with Crippen LogP contribution in [0.1, 0.15) is 37.4 Å². The van der Waals surface area contributed by atoms with Crippen LogP contribution in [-0.2, 0) is 4.74 Å². The molecule has 1 aliphatic rings. The Bertz CT molecular complexity index is 326. The molecule has 2 atom stereocenters. The molecule has 1 N–H and O–H groups in total. The number of ether oxygens (including phenoxy) is 2. The van der Waals surface area contributed by atoms with Gasteiger partial charge in [-0.3, -0.25) is 0 Å². The molecule has 0 amide bonds. The Morgan fingerprint density at radius 1 is 1.24 bits per heavy atom. The summed E-state index contributed by atoms with van der Waals surface area (Å²) < 4.78 is 10.8. The van der Waals surface area contributed by atoms with Gasteiger partial charge in [-0.15, -0.1) is 0 Å². The third kappa shape index (κ3) is 3.20. The van der Waals surface area contributed by atoms with Crippen LogP contribution in [0, 0.1) is 0 Å². The third-order valence-corrected chi connectivity index (χ3v) is 3.27. The molecule has 94 valence electrons. The molecule has 0 unspecified atom stereocenters. The van der Waals surface area contributed by atoms with Crippen molar-refractivity contribution in [1.82, 2.24) is 0 Å². The van der Waals surface area contributed by atoms with Crippen LogP contribution in [0.15, 0.2) is 24.3 Å². The van der Waals surface area contributed by atoms with Gasteiger partial charge in [0.2, 0.25) is 0 Å². The first kappa shape index (κ1) is 12.4. The SMILES string of the molecule is COc1ccc([C@@H](O)[C@H]2CCCCCO2)cc1. The predicted molar refractivity (Wildman–Crippen MR) is 66.2 cm³/mol. The second kappa shape index (κ2) is 6.03. The molecular formula is C14H20O3. The number of aliphatic hydroxyl groups excluding tert-OH is 1. The molecule has 1 aliphatic heterocycles. The Balaban J connectivity index is 2.03. The van der Waals surface area contributed by atoms with E-state index in [2.05, 4.69) is 0 Å². The summed E-state index contributed by atoms with van der Waals surface area (Å²) in [7, 11) is 1.64. The zero-order valence-electron chi connectivity index (χ0n) is 10.3. The number of hydrogen-bond donors (Lipinski definition) is 1. The highest BCUT2D eigenvalue weighted by molar-refractivity contribution is 5.28. The van der Waals surface area contributed by atoms with Gasteiger partial charge in [0, 0.05) is 6.61 Å². The molecule has 2 rings (SSSR count). The van der Waals surface area contributed by atoms with Gasteiger partial charge in [-0.25, -0.2) is 0 Å². The Labute approximate surface area is 102 Å². The highest BCUT2D eigenvalue weighted by atomic mass is 16.5. The molecule has 0 spiro atoms. The van der Waals surface area contributed by atoms with E-state index >= 15 is 0 Å². The van der Waals surface area contributed by atoms with E-state index < -0.39 is 6.10 Å². The maximum Gasteiger partial charge on any atom is 0.118 e. The van der Waals surface area contributed by atoms with Gasteiger partial charge in [-0.2, -0.15) is 0 Å². The fraction of sp³-hybridized carbons (Fsp3) is 0.571. The lowest BCUT2D eigenvalue weighted by Crippen LogP contribution is -2.21. The maximum absolute atomic E-state index is 10.3. The average molecular weight is 236 g/mol. The van der Waals surface area contributed by atoms with Gasteiger partial charge in [0.1, 0.15) is 11.9 Å². The third-order valence-electron chi connectivity index (χ3n) is 3.27. The largest absolute Gasteiger partial charge is 0.497 e. The summed E-state index contributed by atoms with van der Waals surface area (Å²) in [5, 5.41) is 10.3. The monoisotopic (exact) mass is 236 g/mol. The van der Waals surface area contributed by atoms with E-state index in [1.807, 2.05) is 24.3 Å². The van der Waals surface area contributed by atoms with E-state index in [1.54, 1.807) is 7.11 Å². The Morgan fingerprint density at radius 2 is 2.00 bits per heavy atom. The van der Waals surface area contributed by atoms with Crippen LogP contribution in [0.5, 0.6) is 5.75 Å². The summed E-state index contributed by atoms with van der Waals surface area (Å²) in [5.74, 6) is 0.808. The van der Waals surface area contributed by atoms with Crippen molar-refractivity contribution in [3.05, 3.63) is 29.8 Å². The first-order valence-electron chi connectivity index (χ1n) is 6.25. The van der Waals surface area contributed by atoms with Crippen LogP contribution >= 0.6 is 0 Å². The molecule has 0 saturated carbocycles. The number of rotatable bonds is 3. The van der Waals surface area contributed by atoms with Crippen LogP contribution in [0.4, 0.5) is 0 Å².